The van der Waals surface area contributed by atoms with E-state index in [9.17, 15) is 13.6 Å². The minimum atomic E-state index is -3.04. The second-order valence-corrected chi connectivity index (χ2v) is 13.4. The van der Waals surface area contributed by atoms with Gasteiger partial charge in [-0.25, -0.2) is 14.2 Å². The minimum absolute atomic E-state index is 0.0377. The largest absolute Gasteiger partial charge is 0.434 e. The predicted octanol–water partition coefficient (Wildman–Crippen LogP) is 4.38. The van der Waals surface area contributed by atoms with Gasteiger partial charge in [0.15, 0.2) is 5.65 Å². The van der Waals surface area contributed by atoms with Gasteiger partial charge in [0, 0.05) is 47.4 Å². The zero-order valence-electron chi connectivity index (χ0n) is 25.3. The third kappa shape index (κ3) is 6.44. The van der Waals surface area contributed by atoms with Crippen LogP contribution in [-0.4, -0.2) is 94.4 Å². The van der Waals surface area contributed by atoms with Gasteiger partial charge in [0.1, 0.15) is 22.7 Å². The Morgan fingerprint density at radius 2 is 1.98 bits per heavy atom. The molecule has 8 rings (SSSR count). The fourth-order valence-electron chi connectivity index (χ4n) is 5.99. The van der Waals surface area contributed by atoms with E-state index in [0.29, 0.717) is 33.9 Å². The second-order valence-electron chi connectivity index (χ2n) is 12.0. The molecule has 0 unspecified atom stereocenters. The highest BCUT2D eigenvalue weighted by molar-refractivity contribution is 8.00. The van der Waals surface area contributed by atoms with Crippen molar-refractivity contribution in [2.24, 2.45) is 0 Å². The third-order valence-electron chi connectivity index (χ3n) is 8.67. The number of benzene rings is 1. The number of aromatic nitrogens is 8. The van der Waals surface area contributed by atoms with Crippen molar-refractivity contribution in [3.05, 3.63) is 66.5 Å². The molecule has 0 spiro atoms. The van der Waals surface area contributed by atoms with Gasteiger partial charge in [-0.1, -0.05) is 5.21 Å². The normalized spacial score (nSPS) is 17.8. The van der Waals surface area contributed by atoms with Crippen LogP contribution in [-0.2, 0) is 11.3 Å². The number of piperidine rings is 1. The molecule has 3 fully saturated rings. The number of anilines is 1. The van der Waals surface area contributed by atoms with Gasteiger partial charge in [0.25, 0.3) is 5.91 Å². The summed E-state index contributed by atoms with van der Waals surface area (Å²) in [6, 6.07) is 7.57. The number of alkyl halides is 2. The molecular weight excluding hydrogens is 630 g/mol. The van der Waals surface area contributed by atoms with Crippen molar-refractivity contribution in [1.82, 2.24) is 44.3 Å². The fraction of sp³-hybridized carbons (Fsp3) is 0.419. The van der Waals surface area contributed by atoms with Crippen molar-refractivity contribution in [3.63, 3.8) is 0 Å². The first-order valence-corrected chi connectivity index (χ1v) is 16.5. The summed E-state index contributed by atoms with van der Waals surface area (Å²) in [6.07, 6.45) is 12.5. The lowest BCUT2D eigenvalue weighted by Crippen LogP contribution is -2.51. The van der Waals surface area contributed by atoms with E-state index in [1.165, 1.54) is 16.8 Å². The smallest absolute Gasteiger partial charge is 0.387 e. The lowest BCUT2D eigenvalue weighted by molar-refractivity contribution is -0.0734. The maximum Gasteiger partial charge on any atom is 0.387 e. The first kappa shape index (κ1) is 30.0. The molecular formula is C31H32F2N10O3S. The highest BCUT2D eigenvalue weighted by atomic mass is 32.2. The molecule has 16 heteroatoms. The van der Waals surface area contributed by atoms with Gasteiger partial charge in [-0.2, -0.15) is 19.0 Å². The van der Waals surface area contributed by atoms with Crippen molar-refractivity contribution < 1.29 is 23.0 Å². The van der Waals surface area contributed by atoms with Crippen LogP contribution >= 0.6 is 11.8 Å². The summed E-state index contributed by atoms with van der Waals surface area (Å²) in [5, 5.41) is 21.2. The van der Waals surface area contributed by atoms with Crippen LogP contribution in [0.1, 0.15) is 47.8 Å². The molecule has 1 aliphatic carbocycles. The molecule has 1 saturated carbocycles. The van der Waals surface area contributed by atoms with E-state index in [-0.39, 0.29) is 29.6 Å². The zero-order valence-corrected chi connectivity index (χ0v) is 26.1. The lowest BCUT2D eigenvalue weighted by atomic mass is 10.0. The van der Waals surface area contributed by atoms with Crippen LogP contribution in [0, 0.1) is 0 Å². The Hall–Kier alpha value is -4.41. The Morgan fingerprint density at radius 3 is 2.74 bits per heavy atom. The standard InChI is InChI=1S/C31H32F2N10O3S/c32-31(33)46-27-5-4-23(47-22-2-3-22)12-24(27)28-26(36-30(44)25-13-35-42-9-1-8-34-29(25)42)16-41(38-28)14-19-15-43(39-37-19)20-6-10-40(11-7-20)21-17-45-18-21/h1,4-5,8-9,12-13,15-16,20-22,31H,2-3,6-7,10-11,14,17-18H2,(H,36,44). The number of hydrogen-bond donors (Lipinski definition) is 1. The molecule has 0 radical (unpaired) electrons. The van der Waals surface area contributed by atoms with Crippen molar-refractivity contribution in [2.75, 3.05) is 31.6 Å². The van der Waals surface area contributed by atoms with E-state index >= 15 is 0 Å². The summed E-state index contributed by atoms with van der Waals surface area (Å²) < 4.78 is 42.4. The molecule has 1 N–H and O–H groups in total. The summed E-state index contributed by atoms with van der Waals surface area (Å²) >= 11 is 1.68. The van der Waals surface area contributed by atoms with Gasteiger partial charge in [-0.15, -0.1) is 16.9 Å². The molecule has 4 aromatic heterocycles. The summed E-state index contributed by atoms with van der Waals surface area (Å²) in [6.45, 7) is 0.806. The first-order valence-electron chi connectivity index (χ1n) is 15.6. The average molecular weight is 663 g/mol. The van der Waals surface area contributed by atoms with Gasteiger partial charge in [-0.3, -0.25) is 14.4 Å². The molecule has 13 nitrogen and oxygen atoms in total. The molecule has 6 heterocycles. The van der Waals surface area contributed by atoms with Gasteiger partial charge in [0.05, 0.1) is 49.9 Å². The van der Waals surface area contributed by atoms with E-state index in [1.54, 1.807) is 53.2 Å². The highest BCUT2D eigenvalue weighted by Crippen LogP contribution is 2.43. The minimum Gasteiger partial charge on any atom is -0.434 e. The quantitative estimate of drug-likeness (QED) is 0.218. The number of thioether (sulfide) groups is 1. The first-order chi connectivity index (χ1) is 23.0. The zero-order chi connectivity index (χ0) is 31.9. The Balaban J connectivity index is 1.09. The number of carbonyl (C=O) groups is 1. The Morgan fingerprint density at radius 1 is 1.13 bits per heavy atom. The molecule has 47 heavy (non-hydrogen) atoms. The Labute approximate surface area is 272 Å². The topological polar surface area (TPSA) is 130 Å². The number of fused-ring (bicyclic) bond motifs is 1. The predicted molar refractivity (Wildman–Crippen MR) is 168 cm³/mol. The van der Waals surface area contributed by atoms with Crippen LogP contribution in [0.25, 0.3) is 16.9 Å². The number of nitrogens with zero attached hydrogens (tertiary/aromatic N) is 9. The number of hydrogen-bond acceptors (Lipinski definition) is 10. The molecule has 0 atom stereocenters. The van der Waals surface area contributed by atoms with Crippen LogP contribution in [0.4, 0.5) is 14.5 Å². The van der Waals surface area contributed by atoms with E-state index in [2.05, 4.69) is 30.6 Å². The van der Waals surface area contributed by atoms with Gasteiger partial charge >= 0.3 is 6.61 Å². The Kier molecular flexibility index (Phi) is 8.06. The molecule has 1 aromatic carbocycles. The van der Waals surface area contributed by atoms with Crippen molar-refractivity contribution >= 4 is 29.0 Å². The van der Waals surface area contributed by atoms with Gasteiger partial charge < -0.3 is 14.8 Å². The second kappa shape index (κ2) is 12.7. The fourth-order valence-corrected chi connectivity index (χ4v) is 7.08. The summed E-state index contributed by atoms with van der Waals surface area (Å²) in [4.78, 5) is 21.2. The van der Waals surface area contributed by atoms with Gasteiger partial charge in [-0.05, 0) is 49.9 Å². The van der Waals surface area contributed by atoms with Gasteiger partial charge in [0.2, 0.25) is 0 Å². The van der Waals surface area contributed by atoms with E-state index in [4.69, 9.17) is 14.6 Å². The number of rotatable bonds is 11. The highest BCUT2D eigenvalue weighted by Gasteiger charge is 2.31. The summed E-state index contributed by atoms with van der Waals surface area (Å²) in [5.74, 6) is -0.505. The van der Waals surface area contributed by atoms with Crippen LogP contribution < -0.4 is 10.1 Å². The number of likely N-dealkylation sites (tertiary alicyclic amines) is 1. The van der Waals surface area contributed by atoms with Crippen LogP contribution in [0.5, 0.6) is 5.75 Å². The monoisotopic (exact) mass is 662 g/mol. The lowest BCUT2D eigenvalue weighted by Gasteiger charge is -2.41. The molecule has 2 saturated heterocycles. The molecule has 3 aliphatic rings. The number of ether oxygens (including phenoxy) is 2. The third-order valence-corrected chi connectivity index (χ3v) is 10.0. The molecule has 5 aromatic rings. The van der Waals surface area contributed by atoms with E-state index < -0.39 is 12.5 Å². The van der Waals surface area contributed by atoms with Crippen LogP contribution in [0.3, 0.4) is 0 Å². The van der Waals surface area contributed by atoms with Crippen molar-refractivity contribution in [3.8, 4) is 17.0 Å². The van der Waals surface area contributed by atoms with Crippen LogP contribution in [0.2, 0.25) is 0 Å². The average Bonchev–Trinajstić information content (AvgIpc) is 3.39. The van der Waals surface area contributed by atoms with E-state index in [1.807, 2.05) is 10.9 Å². The van der Waals surface area contributed by atoms with Crippen molar-refractivity contribution in [1.29, 1.82) is 0 Å². The Bertz CT molecular complexity index is 1890. The number of carbonyl (C=O) groups excluding carboxylic acids is 1. The molecule has 0 bridgehead atoms. The molecule has 1 amide bonds. The summed E-state index contributed by atoms with van der Waals surface area (Å²) in [5.41, 5.74) is 2.27. The van der Waals surface area contributed by atoms with Crippen molar-refractivity contribution in [2.45, 2.75) is 61.1 Å². The maximum absolute atomic E-state index is 13.6. The number of halogens is 2. The molecule has 244 valence electrons. The number of nitrogens with one attached hydrogen (secondary N) is 1. The van der Waals surface area contributed by atoms with E-state index in [0.717, 1.165) is 56.9 Å². The molecule has 2 aliphatic heterocycles. The SMILES string of the molecule is O=C(Nc1cn(Cc2cn(C3CCN(C4COC4)CC3)nn2)nc1-c1cc(SC2CC2)ccc1OC(F)F)c1cnn2cccnc12. The van der Waals surface area contributed by atoms with Crippen LogP contribution in [0.15, 0.2) is 60.1 Å². The number of amides is 1. The maximum atomic E-state index is 13.6. The summed E-state index contributed by atoms with van der Waals surface area (Å²) in [7, 11) is 0.